The lowest BCUT2D eigenvalue weighted by Crippen LogP contribution is -2.50. The van der Waals surface area contributed by atoms with E-state index in [1.54, 1.807) is 0 Å². The van der Waals surface area contributed by atoms with E-state index >= 15 is 0 Å². The van der Waals surface area contributed by atoms with Crippen molar-refractivity contribution >= 4 is 12.1 Å². The zero-order valence-electron chi connectivity index (χ0n) is 11.6. The van der Waals surface area contributed by atoms with Gasteiger partial charge in [-0.2, -0.15) is 0 Å². The molecule has 0 spiro atoms. The van der Waals surface area contributed by atoms with Crippen LogP contribution in [0.4, 0.5) is 4.79 Å². The van der Waals surface area contributed by atoms with E-state index in [9.17, 15) is 9.59 Å². The summed E-state index contributed by atoms with van der Waals surface area (Å²) in [6.07, 6.45) is 2.11. The first-order valence-corrected chi connectivity index (χ1v) is 6.35. The Hall–Kier alpha value is -1.26. The minimum absolute atomic E-state index is 0.279. The van der Waals surface area contributed by atoms with Gasteiger partial charge in [-0.3, -0.25) is 4.79 Å². The number of aliphatic carboxylic acids is 1. The van der Waals surface area contributed by atoms with Gasteiger partial charge in [0.15, 0.2) is 0 Å². The Morgan fingerprint density at radius 2 is 1.78 bits per heavy atom. The third-order valence-electron chi connectivity index (χ3n) is 3.24. The summed E-state index contributed by atoms with van der Waals surface area (Å²) in [7, 11) is 0. The molecule has 1 aliphatic carbocycles. The number of alkyl carbamates (subject to hydrolysis) is 1. The number of carboxylic acid groups (broad SMARTS) is 1. The smallest absolute Gasteiger partial charge is 0.408 e. The molecule has 1 rings (SSSR count). The molecular weight excluding hydrogens is 234 g/mol. The SMILES string of the molecule is CC1(NC(=O)OC(C)(C)C)CCC(C(=O)O)CC1. The molecule has 0 aliphatic heterocycles. The van der Waals surface area contributed by atoms with Crippen LogP contribution in [0.1, 0.15) is 53.4 Å². The van der Waals surface area contributed by atoms with Gasteiger partial charge in [-0.15, -0.1) is 0 Å². The van der Waals surface area contributed by atoms with E-state index in [1.807, 2.05) is 27.7 Å². The molecule has 0 bridgehead atoms. The van der Waals surface area contributed by atoms with E-state index in [-0.39, 0.29) is 11.5 Å². The number of hydrogen-bond acceptors (Lipinski definition) is 3. The van der Waals surface area contributed by atoms with Gasteiger partial charge in [-0.25, -0.2) is 4.79 Å². The summed E-state index contributed by atoms with van der Waals surface area (Å²) in [5, 5.41) is 11.8. The summed E-state index contributed by atoms with van der Waals surface area (Å²) >= 11 is 0. The lowest BCUT2D eigenvalue weighted by atomic mass is 9.78. The van der Waals surface area contributed by atoms with Crippen molar-refractivity contribution in [3.05, 3.63) is 0 Å². The molecule has 0 aromatic rings. The molecule has 0 saturated heterocycles. The summed E-state index contributed by atoms with van der Waals surface area (Å²) < 4.78 is 5.21. The highest BCUT2D eigenvalue weighted by Gasteiger charge is 2.35. The number of nitrogens with one attached hydrogen (secondary N) is 1. The van der Waals surface area contributed by atoms with Crippen molar-refractivity contribution in [2.45, 2.75) is 64.5 Å². The van der Waals surface area contributed by atoms with Crippen LogP contribution in [0.15, 0.2) is 0 Å². The molecule has 0 heterocycles. The standard InChI is InChI=1S/C13H23NO4/c1-12(2,3)18-11(17)14-13(4)7-5-9(6-8-13)10(15)16/h9H,5-8H2,1-4H3,(H,14,17)(H,15,16). The molecule has 104 valence electrons. The number of carbonyl (C=O) groups excluding carboxylic acids is 1. The predicted octanol–water partition coefficient (Wildman–Crippen LogP) is 2.54. The van der Waals surface area contributed by atoms with Crippen molar-refractivity contribution in [2.24, 2.45) is 5.92 Å². The lowest BCUT2D eigenvalue weighted by molar-refractivity contribution is -0.143. The molecule has 5 nitrogen and oxygen atoms in total. The second-order valence-corrected chi connectivity index (χ2v) is 6.30. The van der Waals surface area contributed by atoms with Gasteiger partial charge in [0.2, 0.25) is 0 Å². The fraction of sp³-hybridized carbons (Fsp3) is 0.846. The van der Waals surface area contributed by atoms with Crippen molar-refractivity contribution in [1.82, 2.24) is 5.32 Å². The van der Waals surface area contributed by atoms with E-state index in [2.05, 4.69) is 5.32 Å². The maximum Gasteiger partial charge on any atom is 0.408 e. The van der Waals surface area contributed by atoms with Crippen LogP contribution >= 0.6 is 0 Å². The van der Waals surface area contributed by atoms with Gasteiger partial charge < -0.3 is 15.2 Å². The number of rotatable bonds is 2. The van der Waals surface area contributed by atoms with E-state index < -0.39 is 17.7 Å². The number of ether oxygens (including phenoxy) is 1. The first-order valence-electron chi connectivity index (χ1n) is 6.35. The van der Waals surface area contributed by atoms with Gasteiger partial charge in [0.25, 0.3) is 0 Å². The highest BCUT2D eigenvalue weighted by Crippen LogP contribution is 2.32. The fourth-order valence-electron chi connectivity index (χ4n) is 2.18. The average molecular weight is 257 g/mol. The van der Waals surface area contributed by atoms with Gasteiger partial charge in [0, 0.05) is 5.54 Å². The molecule has 0 radical (unpaired) electrons. The maximum absolute atomic E-state index is 11.7. The minimum Gasteiger partial charge on any atom is -0.481 e. The van der Waals surface area contributed by atoms with Gasteiger partial charge in [0.05, 0.1) is 5.92 Å². The largest absolute Gasteiger partial charge is 0.481 e. The van der Waals surface area contributed by atoms with Crippen molar-refractivity contribution < 1.29 is 19.4 Å². The van der Waals surface area contributed by atoms with Crippen molar-refractivity contribution in [3.8, 4) is 0 Å². The van der Waals surface area contributed by atoms with Gasteiger partial charge in [-0.05, 0) is 53.4 Å². The van der Waals surface area contributed by atoms with Crippen LogP contribution in [-0.4, -0.2) is 28.3 Å². The minimum atomic E-state index is -0.741. The average Bonchev–Trinajstić information content (AvgIpc) is 2.13. The molecule has 2 N–H and O–H groups in total. The van der Waals surface area contributed by atoms with E-state index in [0.29, 0.717) is 25.7 Å². The Bertz CT molecular complexity index is 324. The van der Waals surface area contributed by atoms with Crippen LogP contribution in [-0.2, 0) is 9.53 Å². The van der Waals surface area contributed by atoms with Crippen molar-refractivity contribution in [3.63, 3.8) is 0 Å². The molecule has 1 aliphatic rings. The second kappa shape index (κ2) is 5.16. The zero-order valence-corrected chi connectivity index (χ0v) is 11.6. The van der Waals surface area contributed by atoms with Crippen LogP contribution in [0.25, 0.3) is 0 Å². The molecule has 0 aromatic heterocycles. The van der Waals surface area contributed by atoms with Crippen LogP contribution in [0, 0.1) is 5.92 Å². The van der Waals surface area contributed by atoms with Gasteiger partial charge >= 0.3 is 12.1 Å². The van der Waals surface area contributed by atoms with E-state index in [4.69, 9.17) is 9.84 Å². The summed E-state index contributed by atoms with van der Waals surface area (Å²) in [6, 6.07) is 0. The summed E-state index contributed by atoms with van der Waals surface area (Å²) in [5.41, 5.74) is -0.868. The van der Waals surface area contributed by atoms with E-state index in [0.717, 1.165) is 0 Å². The first kappa shape index (κ1) is 14.8. The summed E-state index contributed by atoms with van der Waals surface area (Å²) in [6.45, 7) is 7.39. The summed E-state index contributed by atoms with van der Waals surface area (Å²) in [4.78, 5) is 22.6. The molecule has 18 heavy (non-hydrogen) atoms. The Balaban J connectivity index is 2.48. The maximum atomic E-state index is 11.7. The normalized spacial score (nSPS) is 28.6. The highest BCUT2D eigenvalue weighted by molar-refractivity contribution is 5.71. The van der Waals surface area contributed by atoms with E-state index in [1.165, 1.54) is 0 Å². The fourth-order valence-corrected chi connectivity index (χ4v) is 2.18. The Labute approximate surface area is 108 Å². The van der Waals surface area contributed by atoms with Crippen LogP contribution < -0.4 is 5.32 Å². The molecule has 1 amide bonds. The first-order chi connectivity index (χ1) is 8.11. The molecule has 5 heteroatoms. The summed E-state index contributed by atoms with van der Waals surface area (Å²) in [5.74, 6) is -1.02. The van der Waals surface area contributed by atoms with Crippen LogP contribution in [0.5, 0.6) is 0 Å². The number of carboxylic acids is 1. The van der Waals surface area contributed by atoms with Crippen LogP contribution in [0.3, 0.4) is 0 Å². The van der Waals surface area contributed by atoms with Crippen molar-refractivity contribution in [1.29, 1.82) is 0 Å². The molecule has 1 fully saturated rings. The molecular formula is C13H23NO4. The topological polar surface area (TPSA) is 75.6 Å². The number of carbonyl (C=O) groups is 2. The quantitative estimate of drug-likeness (QED) is 0.797. The van der Waals surface area contributed by atoms with Crippen LogP contribution in [0.2, 0.25) is 0 Å². The Kier molecular flexibility index (Phi) is 4.24. The number of hydrogen-bond donors (Lipinski definition) is 2. The molecule has 0 atom stereocenters. The highest BCUT2D eigenvalue weighted by atomic mass is 16.6. The zero-order chi connectivity index (χ0) is 14.0. The lowest BCUT2D eigenvalue weighted by Gasteiger charge is -2.37. The third-order valence-corrected chi connectivity index (χ3v) is 3.24. The van der Waals surface area contributed by atoms with Gasteiger partial charge in [-0.1, -0.05) is 0 Å². The Morgan fingerprint density at radius 3 is 2.17 bits per heavy atom. The molecule has 0 unspecified atom stereocenters. The second-order valence-electron chi connectivity index (χ2n) is 6.30. The Morgan fingerprint density at radius 1 is 1.28 bits per heavy atom. The number of amides is 1. The molecule has 0 aromatic carbocycles. The third kappa shape index (κ3) is 4.55. The monoisotopic (exact) mass is 257 g/mol. The van der Waals surface area contributed by atoms with Gasteiger partial charge in [0.1, 0.15) is 5.60 Å². The predicted molar refractivity (Wildman–Crippen MR) is 67.4 cm³/mol. The van der Waals surface area contributed by atoms with Crippen molar-refractivity contribution in [2.75, 3.05) is 0 Å². The molecule has 1 saturated carbocycles.